The number of benzene rings is 2. The lowest BCUT2D eigenvalue weighted by Gasteiger charge is -2.08. The van der Waals surface area contributed by atoms with E-state index in [9.17, 15) is 9.18 Å². The van der Waals surface area contributed by atoms with Gasteiger partial charge in [-0.05, 0) is 18.2 Å². The van der Waals surface area contributed by atoms with Gasteiger partial charge in [0.25, 0.3) is 0 Å². The van der Waals surface area contributed by atoms with Crippen LogP contribution in [-0.4, -0.2) is 15.9 Å². The Kier molecular flexibility index (Phi) is 5.36. The Morgan fingerprint density at radius 2 is 1.88 bits per heavy atom. The largest absolute Gasteiger partial charge is 0.350 e. The van der Waals surface area contributed by atoms with Gasteiger partial charge in [0, 0.05) is 16.1 Å². The molecule has 0 spiro atoms. The Morgan fingerprint density at radius 1 is 1.08 bits per heavy atom. The van der Waals surface area contributed by atoms with E-state index in [0.717, 1.165) is 11.3 Å². The van der Waals surface area contributed by atoms with Crippen molar-refractivity contribution in [3.8, 4) is 11.3 Å². The normalized spacial score (nSPS) is 10.5. The SMILES string of the molecule is O=C(Cc1c(F)cccc1Cl)NCc1cc(-c2ccccc2)ncn1. The third-order valence-electron chi connectivity index (χ3n) is 3.66. The van der Waals surface area contributed by atoms with Gasteiger partial charge in [-0.3, -0.25) is 4.79 Å². The number of hydrogen-bond acceptors (Lipinski definition) is 3. The first kappa shape index (κ1) is 17.0. The monoisotopic (exact) mass is 355 g/mol. The summed E-state index contributed by atoms with van der Waals surface area (Å²) in [6.45, 7) is 0.229. The summed E-state index contributed by atoms with van der Waals surface area (Å²) in [5.74, 6) is -0.817. The fourth-order valence-corrected chi connectivity index (χ4v) is 2.60. The Labute approximate surface area is 149 Å². The van der Waals surface area contributed by atoms with Crippen molar-refractivity contribution >= 4 is 17.5 Å². The molecule has 126 valence electrons. The summed E-state index contributed by atoms with van der Waals surface area (Å²) < 4.78 is 13.7. The molecule has 0 saturated carbocycles. The van der Waals surface area contributed by atoms with Crippen LogP contribution in [0.15, 0.2) is 60.9 Å². The molecule has 0 bridgehead atoms. The van der Waals surface area contributed by atoms with Crippen LogP contribution in [0.25, 0.3) is 11.3 Å². The Morgan fingerprint density at radius 3 is 2.64 bits per heavy atom. The predicted octanol–water partition coefficient (Wildman–Crippen LogP) is 3.80. The van der Waals surface area contributed by atoms with E-state index in [2.05, 4.69) is 15.3 Å². The number of aromatic nitrogens is 2. The molecule has 1 amide bonds. The second-order valence-electron chi connectivity index (χ2n) is 5.41. The van der Waals surface area contributed by atoms with Gasteiger partial charge in [0.1, 0.15) is 12.1 Å². The maximum atomic E-state index is 13.7. The van der Waals surface area contributed by atoms with Gasteiger partial charge >= 0.3 is 0 Å². The van der Waals surface area contributed by atoms with Crippen LogP contribution in [0.4, 0.5) is 4.39 Å². The lowest BCUT2D eigenvalue weighted by Crippen LogP contribution is -2.25. The maximum absolute atomic E-state index is 13.7. The van der Waals surface area contributed by atoms with Crippen LogP contribution in [0.5, 0.6) is 0 Å². The van der Waals surface area contributed by atoms with Gasteiger partial charge in [0.15, 0.2) is 0 Å². The summed E-state index contributed by atoms with van der Waals surface area (Å²) >= 11 is 5.94. The summed E-state index contributed by atoms with van der Waals surface area (Å²) in [6.07, 6.45) is 1.33. The molecule has 3 aromatic rings. The van der Waals surface area contributed by atoms with E-state index in [1.54, 1.807) is 6.07 Å². The van der Waals surface area contributed by atoms with Crippen molar-refractivity contribution in [2.45, 2.75) is 13.0 Å². The van der Waals surface area contributed by atoms with Crippen molar-refractivity contribution in [1.82, 2.24) is 15.3 Å². The van der Waals surface area contributed by atoms with E-state index in [1.807, 2.05) is 36.4 Å². The highest BCUT2D eigenvalue weighted by Crippen LogP contribution is 2.19. The average molecular weight is 356 g/mol. The molecule has 0 saturated heterocycles. The minimum absolute atomic E-state index is 0.123. The molecule has 0 fully saturated rings. The summed E-state index contributed by atoms with van der Waals surface area (Å²) in [4.78, 5) is 20.5. The number of carbonyl (C=O) groups excluding carboxylic acids is 1. The minimum Gasteiger partial charge on any atom is -0.350 e. The molecule has 0 radical (unpaired) electrons. The van der Waals surface area contributed by atoms with Gasteiger partial charge in [-0.15, -0.1) is 0 Å². The lowest BCUT2D eigenvalue weighted by atomic mass is 10.1. The molecule has 6 heteroatoms. The summed E-state index contributed by atoms with van der Waals surface area (Å²) in [5.41, 5.74) is 2.60. The maximum Gasteiger partial charge on any atom is 0.224 e. The lowest BCUT2D eigenvalue weighted by molar-refractivity contribution is -0.120. The standard InChI is InChI=1S/C19H15ClFN3O/c20-16-7-4-8-17(21)15(16)10-19(25)22-11-14-9-18(24-12-23-14)13-5-2-1-3-6-13/h1-9,12H,10-11H2,(H,22,25). The number of halogens is 2. The highest BCUT2D eigenvalue weighted by molar-refractivity contribution is 6.31. The first-order chi connectivity index (χ1) is 12.1. The van der Waals surface area contributed by atoms with Crippen molar-refractivity contribution in [1.29, 1.82) is 0 Å². The van der Waals surface area contributed by atoms with E-state index >= 15 is 0 Å². The third kappa shape index (κ3) is 4.39. The Hall–Kier alpha value is -2.79. The van der Waals surface area contributed by atoms with Gasteiger partial charge in [-0.2, -0.15) is 0 Å². The molecule has 0 aliphatic rings. The molecule has 0 unspecified atom stereocenters. The van der Waals surface area contributed by atoms with Crippen molar-refractivity contribution in [2.75, 3.05) is 0 Å². The van der Waals surface area contributed by atoms with Crippen molar-refractivity contribution in [3.05, 3.63) is 83.0 Å². The van der Waals surface area contributed by atoms with Crippen molar-refractivity contribution in [2.24, 2.45) is 0 Å². The number of rotatable bonds is 5. The average Bonchev–Trinajstić information content (AvgIpc) is 2.64. The molecule has 1 heterocycles. The Balaban J connectivity index is 1.65. The molecular weight excluding hydrogens is 341 g/mol. The number of nitrogens with one attached hydrogen (secondary N) is 1. The molecule has 3 rings (SSSR count). The number of nitrogens with zero attached hydrogens (tertiary/aromatic N) is 2. The molecule has 0 aliphatic carbocycles. The van der Waals surface area contributed by atoms with Crippen LogP contribution in [0.2, 0.25) is 5.02 Å². The van der Waals surface area contributed by atoms with E-state index in [-0.39, 0.29) is 29.5 Å². The van der Waals surface area contributed by atoms with Crippen LogP contribution in [-0.2, 0) is 17.8 Å². The molecular formula is C19H15ClFN3O. The van der Waals surface area contributed by atoms with Gasteiger partial charge in [0.2, 0.25) is 5.91 Å². The first-order valence-electron chi connectivity index (χ1n) is 7.69. The van der Waals surface area contributed by atoms with Crippen LogP contribution >= 0.6 is 11.6 Å². The van der Waals surface area contributed by atoms with Gasteiger partial charge < -0.3 is 5.32 Å². The second-order valence-corrected chi connectivity index (χ2v) is 5.82. The van der Waals surface area contributed by atoms with Gasteiger partial charge in [0.05, 0.1) is 24.4 Å². The molecule has 25 heavy (non-hydrogen) atoms. The smallest absolute Gasteiger partial charge is 0.224 e. The predicted molar refractivity (Wildman–Crippen MR) is 94.4 cm³/mol. The summed E-state index contributed by atoms with van der Waals surface area (Å²) in [7, 11) is 0. The highest BCUT2D eigenvalue weighted by atomic mass is 35.5. The fourth-order valence-electron chi connectivity index (χ4n) is 2.37. The Bertz CT molecular complexity index is 867. The van der Waals surface area contributed by atoms with E-state index in [0.29, 0.717) is 5.69 Å². The highest BCUT2D eigenvalue weighted by Gasteiger charge is 2.12. The van der Waals surface area contributed by atoms with Crippen molar-refractivity contribution < 1.29 is 9.18 Å². The second kappa shape index (κ2) is 7.85. The number of carbonyl (C=O) groups is 1. The number of hydrogen-bond donors (Lipinski definition) is 1. The molecule has 1 aromatic heterocycles. The summed E-state index contributed by atoms with van der Waals surface area (Å²) in [6, 6.07) is 15.8. The molecule has 1 N–H and O–H groups in total. The third-order valence-corrected chi connectivity index (χ3v) is 4.01. The zero-order valence-electron chi connectivity index (χ0n) is 13.2. The van der Waals surface area contributed by atoms with Gasteiger partial charge in [-0.25, -0.2) is 14.4 Å². The van der Waals surface area contributed by atoms with Crippen LogP contribution in [0.3, 0.4) is 0 Å². The minimum atomic E-state index is -0.490. The zero-order valence-corrected chi connectivity index (χ0v) is 14.0. The summed E-state index contributed by atoms with van der Waals surface area (Å²) in [5, 5.41) is 2.97. The van der Waals surface area contributed by atoms with Crippen LogP contribution in [0, 0.1) is 5.82 Å². The topological polar surface area (TPSA) is 54.9 Å². The number of amides is 1. The molecule has 0 aliphatic heterocycles. The first-order valence-corrected chi connectivity index (χ1v) is 8.07. The fraction of sp³-hybridized carbons (Fsp3) is 0.105. The van der Waals surface area contributed by atoms with E-state index < -0.39 is 5.82 Å². The quantitative estimate of drug-likeness (QED) is 0.757. The van der Waals surface area contributed by atoms with Crippen LogP contribution < -0.4 is 5.32 Å². The molecule has 4 nitrogen and oxygen atoms in total. The zero-order chi connectivity index (χ0) is 17.6. The van der Waals surface area contributed by atoms with E-state index in [4.69, 9.17) is 11.6 Å². The van der Waals surface area contributed by atoms with Crippen LogP contribution in [0.1, 0.15) is 11.3 Å². The van der Waals surface area contributed by atoms with Gasteiger partial charge in [-0.1, -0.05) is 48.0 Å². The van der Waals surface area contributed by atoms with E-state index in [1.165, 1.54) is 18.5 Å². The van der Waals surface area contributed by atoms with Crippen molar-refractivity contribution in [3.63, 3.8) is 0 Å². The molecule has 0 atom stereocenters. The molecule has 2 aromatic carbocycles.